The summed E-state index contributed by atoms with van der Waals surface area (Å²) in [5.41, 5.74) is 4.35. The lowest BCUT2D eigenvalue weighted by Crippen LogP contribution is -2.41. The standard InChI is InChI=1S/C31H38N4O5/c1-7-39-29(37)23-10-8-9-11-25(23)33-28(36)24-19-32-35(26-13-12-20(2)18-21(26)3)27(24)22-14-16-34(17-15-22)30(38)40-31(4,5)6/h8-13,18-19,22H,7,14-17H2,1-6H3,(H,33,36). The summed E-state index contributed by atoms with van der Waals surface area (Å²) in [7, 11) is 0. The van der Waals surface area contributed by atoms with E-state index in [2.05, 4.69) is 16.5 Å². The van der Waals surface area contributed by atoms with Gasteiger partial charge in [0.15, 0.2) is 0 Å². The van der Waals surface area contributed by atoms with E-state index in [9.17, 15) is 14.4 Å². The van der Waals surface area contributed by atoms with E-state index in [-0.39, 0.29) is 30.1 Å². The fourth-order valence-electron chi connectivity index (χ4n) is 4.99. The fraction of sp³-hybridized carbons (Fsp3) is 0.419. The van der Waals surface area contributed by atoms with Crippen molar-refractivity contribution in [3.63, 3.8) is 0 Å². The Morgan fingerprint density at radius 3 is 2.38 bits per heavy atom. The van der Waals surface area contributed by atoms with Gasteiger partial charge in [-0.2, -0.15) is 5.10 Å². The maximum Gasteiger partial charge on any atom is 0.410 e. The van der Waals surface area contributed by atoms with Crippen LogP contribution in [0, 0.1) is 13.8 Å². The van der Waals surface area contributed by atoms with Crippen molar-refractivity contribution in [3.8, 4) is 5.69 Å². The van der Waals surface area contributed by atoms with Crippen LogP contribution >= 0.6 is 0 Å². The first-order valence-corrected chi connectivity index (χ1v) is 13.7. The number of ether oxygens (including phenoxy) is 2. The molecule has 3 aromatic rings. The van der Waals surface area contributed by atoms with Crippen molar-refractivity contribution in [1.82, 2.24) is 14.7 Å². The number of aromatic nitrogens is 2. The van der Waals surface area contributed by atoms with E-state index in [0.29, 0.717) is 37.2 Å². The minimum absolute atomic E-state index is 0.0251. The average Bonchev–Trinajstić information content (AvgIpc) is 3.33. The molecule has 1 saturated heterocycles. The lowest BCUT2D eigenvalue weighted by Gasteiger charge is -2.34. The van der Waals surface area contributed by atoms with E-state index >= 15 is 0 Å². The maximum atomic E-state index is 13.7. The van der Waals surface area contributed by atoms with Crippen molar-refractivity contribution in [3.05, 3.63) is 76.6 Å². The van der Waals surface area contributed by atoms with Crippen LogP contribution in [0.2, 0.25) is 0 Å². The zero-order valence-electron chi connectivity index (χ0n) is 24.1. The SMILES string of the molecule is CCOC(=O)c1ccccc1NC(=O)c1cnn(-c2ccc(C)cc2C)c1C1CCN(C(=O)OC(C)(C)C)CC1. The number of hydrogen-bond acceptors (Lipinski definition) is 6. The molecule has 0 spiro atoms. The highest BCUT2D eigenvalue weighted by atomic mass is 16.6. The zero-order valence-corrected chi connectivity index (χ0v) is 24.1. The highest BCUT2D eigenvalue weighted by Gasteiger charge is 2.32. The molecule has 9 heteroatoms. The van der Waals surface area contributed by atoms with Crippen molar-refractivity contribution in [2.45, 2.75) is 65.9 Å². The Balaban J connectivity index is 1.67. The average molecular weight is 547 g/mol. The summed E-state index contributed by atoms with van der Waals surface area (Å²) in [5.74, 6) is -0.889. The largest absolute Gasteiger partial charge is 0.462 e. The van der Waals surface area contributed by atoms with Gasteiger partial charge in [-0.25, -0.2) is 14.3 Å². The number of anilines is 1. The van der Waals surface area contributed by atoms with Gasteiger partial charge < -0.3 is 19.7 Å². The molecule has 4 rings (SSSR count). The third-order valence-corrected chi connectivity index (χ3v) is 6.84. The number of nitrogens with zero attached hydrogens (tertiary/aromatic N) is 3. The van der Waals surface area contributed by atoms with E-state index in [1.54, 1.807) is 42.3 Å². The number of piperidine rings is 1. The maximum absolute atomic E-state index is 13.7. The Morgan fingerprint density at radius 2 is 1.73 bits per heavy atom. The second kappa shape index (κ2) is 11.9. The topological polar surface area (TPSA) is 103 Å². The number of rotatable bonds is 6. The molecule has 1 aliphatic rings. The van der Waals surface area contributed by atoms with Gasteiger partial charge >= 0.3 is 12.1 Å². The molecule has 0 unspecified atom stereocenters. The van der Waals surface area contributed by atoms with E-state index in [4.69, 9.17) is 9.47 Å². The van der Waals surface area contributed by atoms with Gasteiger partial charge in [-0.05, 0) is 78.1 Å². The van der Waals surface area contributed by atoms with E-state index in [1.165, 1.54) is 0 Å². The Hall–Kier alpha value is -4.14. The lowest BCUT2D eigenvalue weighted by molar-refractivity contribution is 0.0203. The molecular weight excluding hydrogens is 508 g/mol. The van der Waals surface area contributed by atoms with Gasteiger partial charge in [0.2, 0.25) is 0 Å². The van der Waals surface area contributed by atoms with Crippen molar-refractivity contribution >= 4 is 23.7 Å². The van der Waals surface area contributed by atoms with Crippen LogP contribution in [0.4, 0.5) is 10.5 Å². The van der Waals surface area contributed by atoms with E-state index in [1.807, 2.05) is 51.4 Å². The predicted octanol–water partition coefficient (Wildman–Crippen LogP) is 6.03. The number of para-hydroxylation sites is 1. The van der Waals surface area contributed by atoms with Crippen molar-refractivity contribution in [2.24, 2.45) is 0 Å². The molecular formula is C31H38N4O5. The molecule has 1 N–H and O–H groups in total. The molecule has 9 nitrogen and oxygen atoms in total. The second-order valence-corrected chi connectivity index (χ2v) is 11.1. The molecule has 1 aliphatic heterocycles. The molecule has 0 aliphatic carbocycles. The number of benzene rings is 2. The third-order valence-electron chi connectivity index (χ3n) is 6.84. The van der Waals surface area contributed by atoms with Crippen LogP contribution in [0.3, 0.4) is 0 Å². The Labute approximate surface area is 235 Å². The van der Waals surface area contributed by atoms with Crippen molar-refractivity contribution < 1.29 is 23.9 Å². The molecule has 0 radical (unpaired) electrons. The third kappa shape index (κ3) is 6.52. The summed E-state index contributed by atoms with van der Waals surface area (Å²) >= 11 is 0. The van der Waals surface area contributed by atoms with Gasteiger partial charge in [0.25, 0.3) is 5.91 Å². The van der Waals surface area contributed by atoms with Crippen LogP contribution < -0.4 is 5.32 Å². The molecule has 1 aromatic heterocycles. The van der Waals surface area contributed by atoms with Crippen LogP contribution in [-0.2, 0) is 9.47 Å². The van der Waals surface area contributed by atoms with Gasteiger partial charge in [0.1, 0.15) is 5.60 Å². The predicted molar refractivity (Wildman–Crippen MR) is 153 cm³/mol. The number of carbonyl (C=O) groups excluding carboxylic acids is 3. The van der Waals surface area contributed by atoms with E-state index in [0.717, 1.165) is 22.5 Å². The zero-order chi connectivity index (χ0) is 29.0. The number of amides is 2. The van der Waals surface area contributed by atoms with Gasteiger partial charge in [-0.15, -0.1) is 0 Å². The van der Waals surface area contributed by atoms with Crippen LogP contribution in [0.1, 0.15) is 84.0 Å². The summed E-state index contributed by atoms with van der Waals surface area (Å²) < 4.78 is 12.6. The van der Waals surface area contributed by atoms with Gasteiger partial charge in [0, 0.05) is 19.0 Å². The Morgan fingerprint density at radius 1 is 1.02 bits per heavy atom. The van der Waals surface area contributed by atoms with Crippen molar-refractivity contribution in [1.29, 1.82) is 0 Å². The van der Waals surface area contributed by atoms with Crippen molar-refractivity contribution in [2.75, 3.05) is 25.0 Å². The molecule has 2 amide bonds. The highest BCUT2D eigenvalue weighted by molar-refractivity contribution is 6.08. The number of esters is 1. The minimum Gasteiger partial charge on any atom is -0.462 e. The first kappa shape index (κ1) is 28.9. The molecule has 2 heterocycles. The summed E-state index contributed by atoms with van der Waals surface area (Å²) in [6.07, 6.45) is 2.55. The van der Waals surface area contributed by atoms with E-state index < -0.39 is 11.6 Å². The highest BCUT2D eigenvalue weighted by Crippen LogP contribution is 2.34. The van der Waals surface area contributed by atoms with Crippen LogP contribution in [-0.4, -0.2) is 57.9 Å². The molecule has 0 bridgehead atoms. The smallest absolute Gasteiger partial charge is 0.410 e. The molecule has 1 fully saturated rings. The van der Waals surface area contributed by atoms with Crippen LogP contribution in [0.5, 0.6) is 0 Å². The first-order valence-electron chi connectivity index (χ1n) is 13.7. The number of nitrogens with one attached hydrogen (secondary N) is 1. The first-order chi connectivity index (χ1) is 19.0. The van der Waals surface area contributed by atoms with Gasteiger partial charge in [-0.3, -0.25) is 4.79 Å². The normalized spacial score (nSPS) is 14.1. The molecule has 0 saturated carbocycles. The summed E-state index contributed by atoms with van der Waals surface area (Å²) in [5, 5.41) is 7.57. The second-order valence-electron chi connectivity index (χ2n) is 11.1. The fourth-order valence-corrected chi connectivity index (χ4v) is 4.99. The summed E-state index contributed by atoms with van der Waals surface area (Å²) in [6.45, 7) is 12.6. The van der Waals surface area contributed by atoms with Gasteiger partial charge in [-0.1, -0.05) is 29.8 Å². The monoisotopic (exact) mass is 546 g/mol. The quantitative estimate of drug-likeness (QED) is 0.379. The van der Waals surface area contributed by atoms with Crippen LogP contribution in [0.15, 0.2) is 48.7 Å². The minimum atomic E-state index is -0.569. The Kier molecular flexibility index (Phi) is 8.61. The molecule has 212 valence electrons. The summed E-state index contributed by atoms with van der Waals surface area (Å²) in [6, 6.07) is 12.9. The molecule has 40 heavy (non-hydrogen) atoms. The number of carbonyl (C=O) groups is 3. The summed E-state index contributed by atoms with van der Waals surface area (Å²) in [4.78, 5) is 40.6. The lowest BCUT2D eigenvalue weighted by atomic mass is 9.90. The number of aryl methyl sites for hydroxylation is 2. The molecule has 2 aromatic carbocycles. The number of hydrogen-bond donors (Lipinski definition) is 1. The molecule has 0 atom stereocenters. The Bertz CT molecular complexity index is 1400. The van der Waals surface area contributed by atoms with Gasteiger partial charge in [0.05, 0.1) is 41.0 Å². The van der Waals surface area contributed by atoms with Crippen LogP contribution in [0.25, 0.3) is 5.69 Å². The number of likely N-dealkylation sites (tertiary alicyclic amines) is 1.